The number of rotatable bonds is 10. The Morgan fingerprint density at radius 1 is 1.00 bits per heavy atom. The second kappa shape index (κ2) is 11.0. The van der Waals surface area contributed by atoms with E-state index in [1.165, 1.54) is 6.92 Å². The summed E-state index contributed by atoms with van der Waals surface area (Å²) in [6, 6.07) is 12.1. The van der Waals surface area contributed by atoms with Crippen molar-refractivity contribution in [3.05, 3.63) is 54.1 Å². The Kier molecular flexibility index (Phi) is 8.65. The highest BCUT2D eigenvalue weighted by atomic mass is 32.2. The molecule has 0 spiro atoms. The third-order valence-corrected chi connectivity index (χ3v) is 6.20. The minimum Gasteiger partial charge on any atom is -0.494 e. The Hall–Kier alpha value is -3.07. The van der Waals surface area contributed by atoms with Crippen molar-refractivity contribution in [2.75, 3.05) is 35.6 Å². The first kappa shape index (κ1) is 25.2. The van der Waals surface area contributed by atoms with Crippen molar-refractivity contribution in [3.63, 3.8) is 0 Å². The van der Waals surface area contributed by atoms with E-state index in [4.69, 9.17) is 4.74 Å². The number of benzene rings is 2. The predicted molar refractivity (Wildman–Crippen MR) is 127 cm³/mol. The smallest absolute Gasteiger partial charge is 0.255 e. The SMILES string of the molecule is CCOc1ccc(N([C@H](C)C(=O)Nc2ccccc2C(=O)N(CC)CC)S(C)(=O)=O)cc1. The second-order valence-corrected chi connectivity index (χ2v) is 9.03. The lowest BCUT2D eigenvalue weighted by atomic mass is 10.1. The van der Waals surface area contributed by atoms with Crippen LogP contribution in [0.1, 0.15) is 38.1 Å². The summed E-state index contributed by atoms with van der Waals surface area (Å²) in [5.41, 5.74) is 1.02. The molecule has 0 saturated carbocycles. The van der Waals surface area contributed by atoms with Crippen molar-refractivity contribution in [2.24, 2.45) is 0 Å². The molecule has 2 aromatic rings. The van der Waals surface area contributed by atoms with E-state index in [9.17, 15) is 18.0 Å². The van der Waals surface area contributed by atoms with Crippen molar-refractivity contribution in [1.82, 2.24) is 4.90 Å². The molecule has 0 saturated heterocycles. The molecule has 9 heteroatoms. The van der Waals surface area contributed by atoms with Gasteiger partial charge in [0.05, 0.1) is 29.8 Å². The van der Waals surface area contributed by atoms with Gasteiger partial charge in [0.2, 0.25) is 15.9 Å². The monoisotopic (exact) mass is 461 g/mol. The fraction of sp³-hybridized carbons (Fsp3) is 0.391. The maximum absolute atomic E-state index is 13.1. The van der Waals surface area contributed by atoms with Crippen LogP contribution in [0.15, 0.2) is 48.5 Å². The first-order valence-corrected chi connectivity index (χ1v) is 12.4. The third-order valence-electron chi connectivity index (χ3n) is 4.96. The predicted octanol–water partition coefficient (Wildman–Crippen LogP) is 3.36. The summed E-state index contributed by atoms with van der Waals surface area (Å²) >= 11 is 0. The van der Waals surface area contributed by atoms with Crippen LogP contribution in [0, 0.1) is 0 Å². The number of anilines is 2. The number of carbonyl (C=O) groups excluding carboxylic acids is 2. The first-order chi connectivity index (χ1) is 15.1. The van der Waals surface area contributed by atoms with Crippen molar-refractivity contribution >= 4 is 33.2 Å². The quantitative estimate of drug-likeness (QED) is 0.585. The molecule has 0 aliphatic carbocycles. The number of para-hydroxylation sites is 1. The summed E-state index contributed by atoms with van der Waals surface area (Å²) in [6.45, 7) is 8.67. The first-order valence-electron chi connectivity index (χ1n) is 10.5. The summed E-state index contributed by atoms with van der Waals surface area (Å²) in [7, 11) is -3.77. The average Bonchev–Trinajstić information content (AvgIpc) is 2.75. The molecule has 0 aromatic heterocycles. The van der Waals surface area contributed by atoms with Gasteiger partial charge in [0.25, 0.3) is 5.91 Å². The normalized spacial score (nSPS) is 12.0. The van der Waals surface area contributed by atoms with Gasteiger partial charge >= 0.3 is 0 Å². The van der Waals surface area contributed by atoms with Gasteiger partial charge in [-0.1, -0.05) is 12.1 Å². The number of nitrogens with zero attached hydrogens (tertiary/aromatic N) is 2. The molecule has 0 aliphatic heterocycles. The Morgan fingerprint density at radius 3 is 2.12 bits per heavy atom. The highest BCUT2D eigenvalue weighted by molar-refractivity contribution is 7.92. The van der Waals surface area contributed by atoms with Crippen LogP contribution in [-0.4, -0.2) is 57.1 Å². The van der Waals surface area contributed by atoms with E-state index in [-0.39, 0.29) is 5.91 Å². The summed E-state index contributed by atoms with van der Waals surface area (Å²) in [4.78, 5) is 27.5. The number of sulfonamides is 1. The molecule has 1 atom stereocenters. The fourth-order valence-electron chi connectivity index (χ4n) is 3.36. The average molecular weight is 462 g/mol. The van der Waals surface area contributed by atoms with Crippen LogP contribution in [0.3, 0.4) is 0 Å². The number of hydrogen-bond acceptors (Lipinski definition) is 5. The van der Waals surface area contributed by atoms with Gasteiger partial charge in [-0.05, 0) is 64.1 Å². The van der Waals surface area contributed by atoms with E-state index in [0.29, 0.717) is 42.4 Å². The Balaban J connectivity index is 2.33. The van der Waals surface area contributed by atoms with Crippen LogP contribution in [0.5, 0.6) is 5.75 Å². The van der Waals surface area contributed by atoms with E-state index >= 15 is 0 Å². The number of ether oxygens (including phenoxy) is 1. The van der Waals surface area contributed by atoms with E-state index in [0.717, 1.165) is 10.6 Å². The lowest BCUT2D eigenvalue weighted by molar-refractivity contribution is -0.116. The van der Waals surface area contributed by atoms with Crippen LogP contribution < -0.4 is 14.4 Å². The number of amides is 2. The molecular weight excluding hydrogens is 430 g/mol. The molecule has 2 amide bonds. The Labute approximate surface area is 190 Å². The lowest BCUT2D eigenvalue weighted by Gasteiger charge is -2.28. The van der Waals surface area contributed by atoms with Crippen molar-refractivity contribution in [3.8, 4) is 5.75 Å². The van der Waals surface area contributed by atoms with Crippen LogP contribution in [0.25, 0.3) is 0 Å². The van der Waals surface area contributed by atoms with Gasteiger partial charge in [-0.25, -0.2) is 8.42 Å². The van der Waals surface area contributed by atoms with Crippen LogP contribution in [0.2, 0.25) is 0 Å². The van der Waals surface area contributed by atoms with Crippen molar-refractivity contribution in [1.29, 1.82) is 0 Å². The Bertz CT molecular complexity index is 1030. The molecule has 0 radical (unpaired) electrons. The molecule has 0 bridgehead atoms. The summed E-state index contributed by atoms with van der Waals surface area (Å²) < 4.78 is 31.5. The molecule has 8 nitrogen and oxygen atoms in total. The number of carbonyl (C=O) groups is 2. The van der Waals surface area contributed by atoms with Gasteiger partial charge in [-0.2, -0.15) is 0 Å². The van der Waals surface area contributed by atoms with E-state index in [1.54, 1.807) is 53.4 Å². The minimum atomic E-state index is -3.77. The molecule has 174 valence electrons. The van der Waals surface area contributed by atoms with Gasteiger partial charge in [0.1, 0.15) is 11.8 Å². The molecule has 0 aliphatic rings. The largest absolute Gasteiger partial charge is 0.494 e. The molecule has 2 aromatic carbocycles. The van der Waals surface area contributed by atoms with Gasteiger partial charge < -0.3 is 15.0 Å². The van der Waals surface area contributed by atoms with Gasteiger partial charge in [0, 0.05) is 13.1 Å². The number of nitrogens with one attached hydrogen (secondary N) is 1. The van der Waals surface area contributed by atoms with Crippen LogP contribution in [0.4, 0.5) is 11.4 Å². The molecular formula is C23H31N3O5S. The van der Waals surface area contributed by atoms with Crippen molar-refractivity contribution < 1.29 is 22.7 Å². The fourth-order valence-corrected chi connectivity index (χ4v) is 4.54. The van der Waals surface area contributed by atoms with Crippen LogP contribution >= 0.6 is 0 Å². The van der Waals surface area contributed by atoms with Crippen molar-refractivity contribution in [2.45, 2.75) is 33.7 Å². The topological polar surface area (TPSA) is 96.0 Å². The van der Waals surface area contributed by atoms with Gasteiger partial charge in [-0.3, -0.25) is 13.9 Å². The summed E-state index contributed by atoms with van der Waals surface area (Å²) in [5, 5.41) is 2.73. The van der Waals surface area contributed by atoms with E-state index in [1.807, 2.05) is 20.8 Å². The highest BCUT2D eigenvalue weighted by Gasteiger charge is 2.30. The summed E-state index contributed by atoms with van der Waals surface area (Å²) in [6.07, 6.45) is 1.05. The zero-order chi connectivity index (χ0) is 23.9. The standard InChI is InChI=1S/C23H31N3O5S/c1-6-25(7-2)23(28)20-11-9-10-12-21(20)24-22(27)17(4)26(32(5,29)30)18-13-15-19(16-14-18)31-8-3/h9-17H,6-8H2,1-5H3,(H,24,27)/t17-/m1/s1. The molecule has 0 unspecified atom stereocenters. The lowest BCUT2D eigenvalue weighted by Crippen LogP contribution is -2.45. The zero-order valence-corrected chi connectivity index (χ0v) is 20.0. The van der Waals surface area contributed by atoms with Gasteiger partial charge in [-0.15, -0.1) is 0 Å². The van der Waals surface area contributed by atoms with Crippen LogP contribution in [-0.2, 0) is 14.8 Å². The second-order valence-electron chi connectivity index (χ2n) is 7.17. The zero-order valence-electron chi connectivity index (χ0n) is 19.2. The maximum Gasteiger partial charge on any atom is 0.255 e. The Morgan fingerprint density at radius 2 is 1.59 bits per heavy atom. The molecule has 32 heavy (non-hydrogen) atoms. The molecule has 0 fully saturated rings. The molecule has 0 heterocycles. The molecule has 2 rings (SSSR count). The minimum absolute atomic E-state index is 0.204. The summed E-state index contributed by atoms with van der Waals surface area (Å²) in [5.74, 6) is -0.153. The van der Waals surface area contributed by atoms with E-state index < -0.39 is 22.0 Å². The van der Waals surface area contributed by atoms with E-state index in [2.05, 4.69) is 5.32 Å². The number of hydrogen-bond donors (Lipinski definition) is 1. The maximum atomic E-state index is 13.1. The van der Waals surface area contributed by atoms with Gasteiger partial charge in [0.15, 0.2) is 0 Å². The highest BCUT2D eigenvalue weighted by Crippen LogP contribution is 2.25. The third kappa shape index (κ3) is 6.00. The molecule has 1 N–H and O–H groups in total.